The van der Waals surface area contributed by atoms with Gasteiger partial charge >= 0.3 is 0 Å². The fourth-order valence-corrected chi connectivity index (χ4v) is 2.50. The number of nitrogens with one attached hydrogen (secondary N) is 1. The summed E-state index contributed by atoms with van der Waals surface area (Å²) in [7, 11) is 1.69. The van der Waals surface area contributed by atoms with E-state index in [0.29, 0.717) is 22.4 Å². The van der Waals surface area contributed by atoms with Gasteiger partial charge in [-0.15, -0.1) is 0 Å². The van der Waals surface area contributed by atoms with Crippen molar-refractivity contribution in [3.8, 4) is 0 Å². The van der Waals surface area contributed by atoms with E-state index in [1.807, 2.05) is 6.07 Å². The summed E-state index contributed by atoms with van der Waals surface area (Å²) in [4.78, 5) is 0. The van der Waals surface area contributed by atoms with E-state index < -0.39 is 0 Å². The molecule has 2 atom stereocenters. The standard InChI is InChI=1S/C13H20Cl2N2O/c1-8(2)13(18-3)12(17-16)7-9-6-10(14)4-5-11(9)15/h4-6,8,12-13,17H,7,16H2,1-3H3. The van der Waals surface area contributed by atoms with Crippen molar-refractivity contribution in [2.75, 3.05) is 7.11 Å². The van der Waals surface area contributed by atoms with E-state index >= 15 is 0 Å². The molecule has 0 saturated carbocycles. The number of nitrogens with two attached hydrogens (primary N) is 1. The lowest BCUT2D eigenvalue weighted by atomic mass is 9.94. The number of halogens is 2. The van der Waals surface area contributed by atoms with Crippen LogP contribution in [-0.2, 0) is 11.2 Å². The Morgan fingerprint density at radius 2 is 2.00 bits per heavy atom. The highest BCUT2D eigenvalue weighted by molar-refractivity contribution is 6.33. The largest absolute Gasteiger partial charge is 0.380 e. The molecule has 0 aliphatic heterocycles. The minimum Gasteiger partial charge on any atom is -0.380 e. The average molecular weight is 291 g/mol. The number of hydrogen-bond donors (Lipinski definition) is 2. The van der Waals surface area contributed by atoms with Crippen LogP contribution in [0.15, 0.2) is 18.2 Å². The Morgan fingerprint density at radius 1 is 1.33 bits per heavy atom. The molecule has 0 aliphatic carbocycles. The predicted molar refractivity (Wildman–Crippen MR) is 76.9 cm³/mol. The van der Waals surface area contributed by atoms with Crippen LogP contribution in [-0.4, -0.2) is 19.3 Å². The summed E-state index contributed by atoms with van der Waals surface area (Å²) >= 11 is 12.1. The zero-order chi connectivity index (χ0) is 13.7. The summed E-state index contributed by atoms with van der Waals surface area (Å²) < 4.78 is 5.49. The van der Waals surface area contributed by atoms with E-state index in [1.165, 1.54) is 0 Å². The van der Waals surface area contributed by atoms with Crippen molar-refractivity contribution in [1.82, 2.24) is 5.43 Å². The zero-order valence-electron chi connectivity index (χ0n) is 10.9. The lowest BCUT2D eigenvalue weighted by Crippen LogP contribution is -2.48. The summed E-state index contributed by atoms with van der Waals surface area (Å²) in [6.07, 6.45) is 0.692. The summed E-state index contributed by atoms with van der Waals surface area (Å²) in [6, 6.07) is 5.42. The van der Waals surface area contributed by atoms with Crippen molar-refractivity contribution in [2.24, 2.45) is 11.8 Å². The van der Waals surface area contributed by atoms with Crippen LogP contribution in [0.4, 0.5) is 0 Å². The van der Waals surface area contributed by atoms with Crippen LogP contribution in [0, 0.1) is 5.92 Å². The second-order valence-electron chi connectivity index (χ2n) is 4.66. The number of methoxy groups -OCH3 is 1. The maximum atomic E-state index is 6.16. The smallest absolute Gasteiger partial charge is 0.0763 e. The molecule has 2 unspecified atom stereocenters. The van der Waals surface area contributed by atoms with E-state index in [9.17, 15) is 0 Å². The quantitative estimate of drug-likeness (QED) is 0.625. The summed E-state index contributed by atoms with van der Waals surface area (Å²) in [5.74, 6) is 5.97. The third-order valence-electron chi connectivity index (χ3n) is 2.99. The number of hydrazine groups is 1. The molecule has 1 rings (SSSR count). The highest BCUT2D eigenvalue weighted by atomic mass is 35.5. The van der Waals surface area contributed by atoms with Crippen molar-refractivity contribution in [1.29, 1.82) is 0 Å². The normalized spacial score (nSPS) is 14.8. The molecule has 0 bridgehead atoms. The molecule has 1 aromatic rings. The zero-order valence-corrected chi connectivity index (χ0v) is 12.4. The molecule has 5 heteroatoms. The average Bonchev–Trinajstić information content (AvgIpc) is 2.32. The molecule has 0 heterocycles. The molecular formula is C13H20Cl2N2O. The highest BCUT2D eigenvalue weighted by Crippen LogP contribution is 2.23. The third-order valence-corrected chi connectivity index (χ3v) is 3.59. The number of hydrogen-bond acceptors (Lipinski definition) is 3. The number of rotatable bonds is 6. The van der Waals surface area contributed by atoms with Gasteiger partial charge in [0.1, 0.15) is 0 Å². The van der Waals surface area contributed by atoms with Gasteiger partial charge in [0.15, 0.2) is 0 Å². The molecule has 0 amide bonds. The highest BCUT2D eigenvalue weighted by Gasteiger charge is 2.24. The number of ether oxygens (including phenoxy) is 1. The van der Waals surface area contributed by atoms with E-state index in [2.05, 4.69) is 19.3 Å². The van der Waals surface area contributed by atoms with Crippen LogP contribution in [0.25, 0.3) is 0 Å². The Hall–Kier alpha value is -0.320. The first-order chi connectivity index (χ1) is 8.49. The van der Waals surface area contributed by atoms with Gasteiger partial charge in [-0.1, -0.05) is 37.0 Å². The molecule has 0 saturated heterocycles. The molecule has 3 N–H and O–H groups in total. The SMILES string of the molecule is COC(C(C)C)C(Cc1cc(Cl)ccc1Cl)NN. The third kappa shape index (κ3) is 4.11. The molecule has 3 nitrogen and oxygen atoms in total. The second-order valence-corrected chi connectivity index (χ2v) is 5.50. The number of benzene rings is 1. The molecule has 1 aromatic carbocycles. The van der Waals surface area contributed by atoms with Gasteiger partial charge < -0.3 is 4.74 Å². The van der Waals surface area contributed by atoms with Gasteiger partial charge in [0, 0.05) is 17.2 Å². The maximum Gasteiger partial charge on any atom is 0.0763 e. The van der Waals surface area contributed by atoms with Crippen LogP contribution in [0.1, 0.15) is 19.4 Å². The van der Waals surface area contributed by atoms with Gasteiger partial charge in [-0.3, -0.25) is 11.3 Å². The van der Waals surface area contributed by atoms with E-state index in [1.54, 1.807) is 19.2 Å². The van der Waals surface area contributed by atoms with Gasteiger partial charge in [0.2, 0.25) is 0 Å². The van der Waals surface area contributed by atoms with E-state index in [4.69, 9.17) is 33.8 Å². The Labute approximate surface area is 119 Å². The summed E-state index contributed by atoms with van der Waals surface area (Å²) in [5, 5.41) is 1.36. The molecular weight excluding hydrogens is 271 g/mol. The minimum atomic E-state index is -0.00836. The Morgan fingerprint density at radius 3 is 2.50 bits per heavy atom. The van der Waals surface area contributed by atoms with Gasteiger partial charge in [-0.25, -0.2) is 0 Å². The lowest BCUT2D eigenvalue weighted by molar-refractivity contribution is 0.0332. The van der Waals surface area contributed by atoms with Crippen LogP contribution >= 0.6 is 23.2 Å². The molecule has 0 fully saturated rings. The summed E-state index contributed by atoms with van der Waals surface area (Å²) in [5.41, 5.74) is 3.77. The van der Waals surface area contributed by atoms with Crippen molar-refractivity contribution in [3.05, 3.63) is 33.8 Å². The van der Waals surface area contributed by atoms with E-state index in [0.717, 1.165) is 5.56 Å². The Kier molecular flexibility index (Phi) is 6.39. The van der Waals surface area contributed by atoms with Crippen molar-refractivity contribution in [2.45, 2.75) is 32.4 Å². The van der Waals surface area contributed by atoms with Crippen LogP contribution < -0.4 is 11.3 Å². The molecule has 18 heavy (non-hydrogen) atoms. The van der Waals surface area contributed by atoms with Crippen molar-refractivity contribution >= 4 is 23.2 Å². The first-order valence-corrected chi connectivity index (χ1v) is 6.68. The molecule has 0 spiro atoms. The topological polar surface area (TPSA) is 47.3 Å². The lowest BCUT2D eigenvalue weighted by Gasteiger charge is -2.28. The van der Waals surface area contributed by atoms with Crippen molar-refractivity contribution < 1.29 is 4.74 Å². The Bertz CT molecular complexity index is 385. The van der Waals surface area contributed by atoms with Gasteiger partial charge in [0.25, 0.3) is 0 Å². The summed E-state index contributed by atoms with van der Waals surface area (Å²) in [6.45, 7) is 4.19. The van der Waals surface area contributed by atoms with Gasteiger partial charge in [-0.05, 0) is 36.1 Å². The Balaban J connectivity index is 2.88. The minimum absolute atomic E-state index is 0.00836. The molecule has 0 radical (unpaired) electrons. The fraction of sp³-hybridized carbons (Fsp3) is 0.538. The van der Waals surface area contributed by atoms with Gasteiger partial charge in [0.05, 0.1) is 12.1 Å². The fourth-order valence-electron chi connectivity index (χ4n) is 2.11. The van der Waals surface area contributed by atoms with Crippen LogP contribution in [0.5, 0.6) is 0 Å². The monoisotopic (exact) mass is 290 g/mol. The van der Waals surface area contributed by atoms with Crippen molar-refractivity contribution in [3.63, 3.8) is 0 Å². The van der Waals surface area contributed by atoms with Crippen LogP contribution in [0.3, 0.4) is 0 Å². The molecule has 0 aromatic heterocycles. The predicted octanol–water partition coefficient (Wildman–Crippen LogP) is 3.04. The first-order valence-electron chi connectivity index (χ1n) is 5.92. The van der Waals surface area contributed by atoms with Crippen LogP contribution in [0.2, 0.25) is 10.0 Å². The second kappa shape index (κ2) is 7.31. The molecule has 102 valence electrons. The maximum absolute atomic E-state index is 6.16. The first kappa shape index (κ1) is 15.7. The molecule has 0 aliphatic rings. The van der Waals surface area contributed by atoms with Gasteiger partial charge in [-0.2, -0.15) is 0 Å². The van der Waals surface area contributed by atoms with E-state index in [-0.39, 0.29) is 12.1 Å².